The number of nitrogens with zero attached hydrogens (tertiary/aromatic N) is 4. The highest BCUT2D eigenvalue weighted by Crippen LogP contribution is 2.23. The predicted octanol–water partition coefficient (Wildman–Crippen LogP) is 2.20. The predicted molar refractivity (Wildman–Crippen MR) is 83.2 cm³/mol. The molecule has 6 nitrogen and oxygen atoms in total. The van der Waals surface area contributed by atoms with Crippen molar-refractivity contribution in [3.8, 4) is 5.82 Å². The minimum Gasteiger partial charge on any atom is -0.465 e. The highest BCUT2D eigenvalue weighted by molar-refractivity contribution is 7.99. The molecule has 0 atom stereocenters. The molecule has 7 heteroatoms. The lowest BCUT2D eigenvalue weighted by Crippen LogP contribution is -2.10. The average molecular weight is 318 g/mol. The van der Waals surface area contributed by atoms with E-state index in [2.05, 4.69) is 15.1 Å². The summed E-state index contributed by atoms with van der Waals surface area (Å²) < 4.78 is 6.80. The lowest BCUT2D eigenvalue weighted by molar-refractivity contribution is -0.139. The van der Waals surface area contributed by atoms with E-state index in [-0.39, 0.29) is 11.7 Å². The fourth-order valence-corrected chi connectivity index (χ4v) is 3.16. The first kappa shape index (κ1) is 15.0. The molecule has 1 aliphatic carbocycles. The largest absolute Gasteiger partial charge is 0.465 e. The maximum absolute atomic E-state index is 11.4. The number of hydrogen-bond acceptors (Lipinski definition) is 6. The van der Waals surface area contributed by atoms with Gasteiger partial charge in [0.25, 0.3) is 0 Å². The second-order valence-corrected chi connectivity index (χ2v) is 5.97. The Hall–Kier alpha value is -1.89. The zero-order valence-corrected chi connectivity index (χ0v) is 13.3. The molecule has 0 N–H and O–H groups in total. The van der Waals surface area contributed by atoms with Gasteiger partial charge in [-0.3, -0.25) is 4.79 Å². The smallest absolute Gasteiger partial charge is 0.316 e. The van der Waals surface area contributed by atoms with Crippen LogP contribution < -0.4 is 0 Å². The molecule has 0 saturated heterocycles. The Morgan fingerprint density at radius 3 is 3.14 bits per heavy atom. The molecule has 0 radical (unpaired) electrons. The second kappa shape index (κ2) is 6.91. The van der Waals surface area contributed by atoms with Crippen molar-refractivity contribution in [2.24, 2.45) is 0 Å². The molecule has 0 saturated carbocycles. The summed E-state index contributed by atoms with van der Waals surface area (Å²) in [6, 6.07) is 1.84. The second-order valence-electron chi connectivity index (χ2n) is 5.03. The van der Waals surface area contributed by atoms with Crippen molar-refractivity contribution in [3.63, 3.8) is 0 Å². The van der Waals surface area contributed by atoms with Crippen molar-refractivity contribution < 1.29 is 9.53 Å². The minimum absolute atomic E-state index is 0.217. The number of hydrogen-bond donors (Lipinski definition) is 0. The number of carbonyl (C=O) groups excluding carboxylic acids is 1. The number of carbonyl (C=O) groups is 1. The van der Waals surface area contributed by atoms with Crippen LogP contribution in [0.5, 0.6) is 0 Å². The molecule has 0 unspecified atom stereocenters. The SMILES string of the molecule is CCOC(=O)CSc1nccc(-n2ncc3c2CCCC3)n1. The molecular weight excluding hydrogens is 300 g/mol. The summed E-state index contributed by atoms with van der Waals surface area (Å²) in [5.74, 6) is 0.719. The van der Waals surface area contributed by atoms with Crippen molar-refractivity contribution in [1.29, 1.82) is 0 Å². The van der Waals surface area contributed by atoms with E-state index in [0.29, 0.717) is 11.8 Å². The number of thioether (sulfide) groups is 1. The van der Waals surface area contributed by atoms with Gasteiger partial charge in [-0.2, -0.15) is 5.10 Å². The minimum atomic E-state index is -0.252. The molecule has 3 rings (SSSR count). The van der Waals surface area contributed by atoms with Gasteiger partial charge in [0.1, 0.15) is 0 Å². The molecule has 2 aromatic rings. The summed E-state index contributed by atoms with van der Waals surface area (Å²) in [5.41, 5.74) is 2.55. The van der Waals surface area contributed by atoms with Crippen LogP contribution in [-0.4, -0.2) is 38.1 Å². The topological polar surface area (TPSA) is 69.9 Å². The Balaban J connectivity index is 1.76. The molecule has 0 aromatic carbocycles. The van der Waals surface area contributed by atoms with Gasteiger partial charge >= 0.3 is 5.97 Å². The molecule has 2 aromatic heterocycles. The third-order valence-corrected chi connectivity index (χ3v) is 4.36. The first-order valence-corrected chi connectivity index (χ1v) is 8.44. The van der Waals surface area contributed by atoms with Crippen LogP contribution in [0, 0.1) is 0 Å². The molecule has 0 spiro atoms. The van der Waals surface area contributed by atoms with Crippen molar-refractivity contribution in [2.45, 2.75) is 37.8 Å². The van der Waals surface area contributed by atoms with Gasteiger partial charge in [0.2, 0.25) is 0 Å². The number of rotatable bonds is 5. The number of ether oxygens (including phenoxy) is 1. The van der Waals surface area contributed by atoms with Crippen LogP contribution in [0.15, 0.2) is 23.6 Å². The monoisotopic (exact) mass is 318 g/mol. The molecule has 2 heterocycles. The zero-order chi connectivity index (χ0) is 15.4. The lowest BCUT2D eigenvalue weighted by atomic mass is 9.98. The van der Waals surface area contributed by atoms with E-state index in [4.69, 9.17) is 4.74 Å². The summed E-state index contributed by atoms with van der Waals surface area (Å²) in [5, 5.41) is 5.02. The van der Waals surface area contributed by atoms with E-state index in [0.717, 1.165) is 18.7 Å². The molecule has 116 valence electrons. The van der Waals surface area contributed by atoms with Crippen LogP contribution in [0.3, 0.4) is 0 Å². The number of esters is 1. The Morgan fingerprint density at radius 2 is 2.27 bits per heavy atom. The highest BCUT2D eigenvalue weighted by atomic mass is 32.2. The molecular formula is C15H18N4O2S. The maximum atomic E-state index is 11.4. The van der Waals surface area contributed by atoms with Crippen LogP contribution >= 0.6 is 11.8 Å². The third kappa shape index (κ3) is 3.30. The van der Waals surface area contributed by atoms with Gasteiger partial charge in [-0.05, 0) is 38.2 Å². The van der Waals surface area contributed by atoms with Gasteiger partial charge in [-0.1, -0.05) is 11.8 Å². The molecule has 0 aliphatic heterocycles. The Bertz CT molecular complexity index is 671. The summed E-state index contributed by atoms with van der Waals surface area (Å²) in [6.45, 7) is 2.18. The Labute approximate surface area is 133 Å². The fourth-order valence-electron chi connectivity index (χ4n) is 2.53. The fraction of sp³-hybridized carbons (Fsp3) is 0.467. The third-order valence-electron chi connectivity index (χ3n) is 3.53. The van der Waals surface area contributed by atoms with Crippen molar-refractivity contribution in [1.82, 2.24) is 19.7 Å². The van der Waals surface area contributed by atoms with Crippen LogP contribution in [0.25, 0.3) is 5.82 Å². The van der Waals surface area contributed by atoms with Gasteiger partial charge in [0.05, 0.1) is 18.6 Å². The number of aryl methyl sites for hydroxylation is 1. The summed E-state index contributed by atoms with van der Waals surface area (Å²) >= 11 is 1.28. The normalized spacial score (nSPS) is 13.7. The van der Waals surface area contributed by atoms with Crippen LogP contribution in [0.2, 0.25) is 0 Å². The van der Waals surface area contributed by atoms with E-state index in [1.165, 1.54) is 35.9 Å². The summed E-state index contributed by atoms with van der Waals surface area (Å²) in [6.07, 6.45) is 8.17. The summed E-state index contributed by atoms with van der Waals surface area (Å²) in [7, 11) is 0. The number of aromatic nitrogens is 4. The lowest BCUT2D eigenvalue weighted by Gasteiger charge is -2.13. The molecule has 22 heavy (non-hydrogen) atoms. The number of fused-ring (bicyclic) bond motifs is 1. The van der Waals surface area contributed by atoms with Crippen LogP contribution in [0.4, 0.5) is 0 Å². The van der Waals surface area contributed by atoms with E-state index in [9.17, 15) is 4.79 Å². The molecule has 0 bridgehead atoms. The first-order valence-electron chi connectivity index (χ1n) is 7.45. The standard InChI is InChI=1S/C15H18N4O2S/c1-2-21-14(20)10-22-15-16-8-7-13(18-15)19-12-6-4-3-5-11(12)9-17-19/h7-9H,2-6,10H2,1H3. The van der Waals surface area contributed by atoms with E-state index < -0.39 is 0 Å². The van der Waals surface area contributed by atoms with Crippen molar-refractivity contribution >= 4 is 17.7 Å². The van der Waals surface area contributed by atoms with Crippen LogP contribution in [0.1, 0.15) is 31.0 Å². The summed E-state index contributed by atoms with van der Waals surface area (Å²) in [4.78, 5) is 20.1. The highest BCUT2D eigenvalue weighted by Gasteiger charge is 2.17. The van der Waals surface area contributed by atoms with Crippen molar-refractivity contribution in [2.75, 3.05) is 12.4 Å². The van der Waals surface area contributed by atoms with Gasteiger partial charge < -0.3 is 4.74 Å². The zero-order valence-electron chi connectivity index (χ0n) is 12.5. The van der Waals surface area contributed by atoms with Crippen molar-refractivity contribution in [3.05, 3.63) is 29.7 Å². The first-order chi connectivity index (χ1) is 10.8. The maximum Gasteiger partial charge on any atom is 0.316 e. The van der Waals surface area contributed by atoms with E-state index in [1.807, 2.05) is 16.9 Å². The molecule has 1 aliphatic rings. The Kier molecular flexibility index (Phi) is 4.72. The van der Waals surface area contributed by atoms with Gasteiger partial charge in [-0.15, -0.1) is 0 Å². The van der Waals surface area contributed by atoms with Crippen LogP contribution in [-0.2, 0) is 22.4 Å². The quantitative estimate of drug-likeness (QED) is 0.478. The molecule has 0 amide bonds. The molecule has 0 fully saturated rings. The van der Waals surface area contributed by atoms with E-state index in [1.54, 1.807) is 13.1 Å². The van der Waals surface area contributed by atoms with Gasteiger partial charge in [0, 0.05) is 18.0 Å². The Morgan fingerprint density at radius 1 is 1.41 bits per heavy atom. The van der Waals surface area contributed by atoms with E-state index >= 15 is 0 Å². The van der Waals surface area contributed by atoms with Gasteiger partial charge in [0.15, 0.2) is 11.0 Å². The average Bonchev–Trinajstić information content (AvgIpc) is 2.98. The van der Waals surface area contributed by atoms with Gasteiger partial charge in [-0.25, -0.2) is 14.6 Å².